The fraction of sp³-hybridized carbons (Fsp3) is 0.667. The van der Waals surface area contributed by atoms with Crippen molar-refractivity contribution in [3.8, 4) is 0 Å². The summed E-state index contributed by atoms with van der Waals surface area (Å²) in [6.07, 6.45) is 5.95. The molecule has 2 atom stereocenters. The van der Waals surface area contributed by atoms with E-state index in [2.05, 4.69) is 17.5 Å². The summed E-state index contributed by atoms with van der Waals surface area (Å²) >= 11 is 0. The van der Waals surface area contributed by atoms with Gasteiger partial charge < -0.3 is 5.32 Å². The summed E-state index contributed by atoms with van der Waals surface area (Å²) in [5.41, 5.74) is 0. The van der Waals surface area contributed by atoms with Crippen molar-refractivity contribution in [1.82, 2.24) is 5.32 Å². The van der Waals surface area contributed by atoms with Crippen LogP contribution in [0, 0.1) is 5.92 Å². The average molecular weight is 95.1 g/mol. The first-order valence-electron chi connectivity index (χ1n) is 2.87. The van der Waals surface area contributed by atoms with Crippen LogP contribution in [0.4, 0.5) is 0 Å². The fourth-order valence-electron chi connectivity index (χ4n) is 1.38. The Balaban J connectivity index is 2.27. The van der Waals surface area contributed by atoms with Crippen LogP contribution in [0.5, 0.6) is 0 Å². The summed E-state index contributed by atoms with van der Waals surface area (Å²) < 4.78 is 0. The molecular formula is C6H9N. The van der Waals surface area contributed by atoms with Crippen molar-refractivity contribution in [3.05, 3.63) is 12.2 Å². The molecule has 1 nitrogen and oxygen atoms in total. The second-order valence-electron chi connectivity index (χ2n) is 2.40. The van der Waals surface area contributed by atoms with Crippen LogP contribution in [0.2, 0.25) is 0 Å². The lowest BCUT2D eigenvalue weighted by molar-refractivity contribution is 0.714. The Labute approximate surface area is 43.4 Å². The van der Waals surface area contributed by atoms with E-state index in [0.717, 1.165) is 12.0 Å². The zero-order valence-electron chi connectivity index (χ0n) is 4.22. The van der Waals surface area contributed by atoms with Crippen LogP contribution in [0.1, 0.15) is 6.42 Å². The van der Waals surface area contributed by atoms with Crippen LogP contribution in [-0.2, 0) is 0 Å². The van der Waals surface area contributed by atoms with Gasteiger partial charge >= 0.3 is 0 Å². The van der Waals surface area contributed by atoms with Crippen LogP contribution >= 0.6 is 0 Å². The monoisotopic (exact) mass is 95.1 g/mol. The van der Waals surface area contributed by atoms with Gasteiger partial charge in [0, 0.05) is 12.6 Å². The zero-order valence-corrected chi connectivity index (χ0v) is 4.22. The van der Waals surface area contributed by atoms with Gasteiger partial charge in [-0.15, -0.1) is 0 Å². The van der Waals surface area contributed by atoms with Crippen molar-refractivity contribution in [2.75, 3.05) is 6.54 Å². The van der Waals surface area contributed by atoms with Gasteiger partial charge in [-0.2, -0.15) is 0 Å². The minimum absolute atomic E-state index is 0.741. The van der Waals surface area contributed by atoms with Crippen molar-refractivity contribution in [2.24, 2.45) is 5.92 Å². The number of hydrogen-bond donors (Lipinski definition) is 1. The Bertz CT molecular complexity index is 94.7. The molecule has 0 saturated carbocycles. The average Bonchev–Trinajstić information content (AvgIpc) is 2.22. The van der Waals surface area contributed by atoms with E-state index in [-0.39, 0.29) is 0 Å². The molecule has 0 aromatic rings. The Morgan fingerprint density at radius 1 is 1.43 bits per heavy atom. The third kappa shape index (κ3) is 0.416. The van der Waals surface area contributed by atoms with Gasteiger partial charge in [0.1, 0.15) is 0 Å². The van der Waals surface area contributed by atoms with E-state index in [1.54, 1.807) is 0 Å². The van der Waals surface area contributed by atoms with Crippen LogP contribution in [0.15, 0.2) is 12.2 Å². The predicted octanol–water partition coefficient (Wildman–Crippen LogP) is 0.534. The number of rotatable bonds is 0. The van der Waals surface area contributed by atoms with Crippen LogP contribution < -0.4 is 5.32 Å². The highest BCUT2D eigenvalue weighted by Crippen LogP contribution is 2.22. The lowest BCUT2D eigenvalue weighted by atomic mass is 10.2. The molecule has 0 aromatic heterocycles. The first-order chi connectivity index (χ1) is 3.45. The number of nitrogens with one attached hydrogen (secondary N) is 1. The van der Waals surface area contributed by atoms with Crippen molar-refractivity contribution in [2.45, 2.75) is 12.5 Å². The highest BCUT2D eigenvalue weighted by molar-refractivity contribution is 5.11. The predicted molar refractivity (Wildman–Crippen MR) is 29.0 cm³/mol. The molecule has 1 heterocycles. The first kappa shape index (κ1) is 3.67. The van der Waals surface area contributed by atoms with E-state index in [1.165, 1.54) is 13.0 Å². The molecule has 0 aromatic carbocycles. The van der Waals surface area contributed by atoms with Crippen LogP contribution in [0.25, 0.3) is 0 Å². The molecule has 0 amide bonds. The molecule has 0 spiro atoms. The lowest BCUT2D eigenvalue weighted by Gasteiger charge is -2.00. The summed E-state index contributed by atoms with van der Waals surface area (Å²) in [7, 11) is 0. The maximum absolute atomic E-state index is 3.37. The fourth-order valence-corrected chi connectivity index (χ4v) is 1.38. The van der Waals surface area contributed by atoms with Gasteiger partial charge in [-0.1, -0.05) is 12.2 Å². The number of fused-ring (bicyclic) bond motifs is 2. The van der Waals surface area contributed by atoms with Crippen molar-refractivity contribution >= 4 is 0 Å². The van der Waals surface area contributed by atoms with Gasteiger partial charge in [0.15, 0.2) is 0 Å². The van der Waals surface area contributed by atoms with Crippen molar-refractivity contribution in [3.63, 3.8) is 0 Å². The summed E-state index contributed by atoms with van der Waals surface area (Å²) in [4.78, 5) is 0. The smallest absolute Gasteiger partial charge is 0.0256 e. The van der Waals surface area contributed by atoms with E-state index in [1.807, 2.05) is 0 Å². The van der Waals surface area contributed by atoms with E-state index in [9.17, 15) is 0 Å². The summed E-state index contributed by atoms with van der Waals surface area (Å²) in [5, 5.41) is 3.37. The van der Waals surface area contributed by atoms with Gasteiger partial charge in [-0.05, 0) is 12.3 Å². The van der Waals surface area contributed by atoms with Gasteiger partial charge in [0.05, 0.1) is 0 Å². The highest BCUT2D eigenvalue weighted by Gasteiger charge is 2.24. The maximum Gasteiger partial charge on any atom is 0.0256 e. The first-order valence-corrected chi connectivity index (χ1v) is 2.87. The van der Waals surface area contributed by atoms with E-state index in [4.69, 9.17) is 0 Å². The normalized spacial score (nSPS) is 45.7. The minimum atomic E-state index is 0.741. The van der Waals surface area contributed by atoms with E-state index < -0.39 is 0 Å². The molecule has 2 rings (SSSR count). The molecule has 0 radical (unpaired) electrons. The minimum Gasteiger partial charge on any atom is -0.310 e. The molecule has 1 fully saturated rings. The lowest BCUT2D eigenvalue weighted by Crippen LogP contribution is -2.20. The van der Waals surface area contributed by atoms with E-state index >= 15 is 0 Å². The summed E-state index contributed by atoms with van der Waals surface area (Å²) in [5.74, 6) is 0.880. The summed E-state index contributed by atoms with van der Waals surface area (Å²) in [6, 6.07) is 0.741. The zero-order chi connectivity index (χ0) is 4.69. The van der Waals surface area contributed by atoms with Crippen molar-refractivity contribution < 1.29 is 0 Å². The highest BCUT2D eigenvalue weighted by atomic mass is 15.0. The third-order valence-corrected chi connectivity index (χ3v) is 1.81. The second kappa shape index (κ2) is 1.10. The third-order valence-electron chi connectivity index (χ3n) is 1.81. The molecule has 1 N–H and O–H groups in total. The molecular weight excluding hydrogens is 86.1 g/mol. The SMILES string of the molecule is C1=C[C@H]2CNC1C2. The maximum atomic E-state index is 3.37. The largest absolute Gasteiger partial charge is 0.310 e. The molecule has 1 aliphatic heterocycles. The van der Waals surface area contributed by atoms with E-state index in [0.29, 0.717) is 0 Å². The van der Waals surface area contributed by atoms with Crippen LogP contribution in [0.3, 0.4) is 0 Å². The molecule has 1 heteroatoms. The topological polar surface area (TPSA) is 12.0 Å². The van der Waals surface area contributed by atoms with Gasteiger partial charge in [-0.25, -0.2) is 0 Å². The van der Waals surface area contributed by atoms with Crippen LogP contribution in [-0.4, -0.2) is 12.6 Å². The number of hydrogen-bond acceptors (Lipinski definition) is 1. The standard InChI is InChI=1S/C6H9N/c1-2-6-3-5(1)4-7-6/h1-2,5-7H,3-4H2/t5-,6?/m1/s1. The van der Waals surface area contributed by atoms with Gasteiger partial charge in [0.2, 0.25) is 0 Å². The Kier molecular flexibility index (Phi) is 0.577. The Hall–Kier alpha value is -0.300. The molecule has 1 unspecified atom stereocenters. The van der Waals surface area contributed by atoms with Gasteiger partial charge in [-0.3, -0.25) is 0 Å². The van der Waals surface area contributed by atoms with Crippen molar-refractivity contribution in [1.29, 1.82) is 0 Å². The molecule has 7 heavy (non-hydrogen) atoms. The molecule has 1 saturated heterocycles. The second-order valence-corrected chi connectivity index (χ2v) is 2.40. The Morgan fingerprint density at radius 2 is 2.43 bits per heavy atom. The Morgan fingerprint density at radius 3 is 2.57 bits per heavy atom. The van der Waals surface area contributed by atoms with Gasteiger partial charge in [0.25, 0.3) is 0 Å². The molecule has 2 aliphatic rings. The molecule has 1 aliphatic carbocycles. The molecule has 38 valence electrons. The quantitative estimate of drug-likeness (QED) is 0.433. The summed E-state index contributed by atoms with van der Waals surface area (Å²) in [6.45, 7) is 1.22. The molecule has 2 bridgehead atoms.